The van der Waals surface area contributed by atoms with E-state index in [2.05, 4.69) is 15.3 Å². The minimum atomic E-state index is -0.286. The fourth-order valence-electron chi connectivity index (χ4n) is 2.76. The molecule has 3 N–H and O–H groups in total. The minimum Gasteiger partial charge on any atom is -0.450 e. The molecule has 0 aliphatic carbocycles. The second-order valence-corrected chi connectivity index (χ2v) is 6.20. The van der Waals surface area contributed by atoms with Crippen molar-refractivity contribution in [3.8, 4) is 0 Å². The zero-order valence-corrected chi connectivity index (χ0v) is 15.2. The maximum atomic E-state index is 11.8. The lowest BCUT2D eigenvalue weighted by molar-refractivity contribution is 0.105. The lowest BCUT2D eigenvalue weighted by Crippen LogP contribution is -2.49. The highest BCUT2D eigenvalue weighted by atomic mass is 35.5. The highest BCUT2D eigenvalue weighted by Gasteiger charge is 2.24. The molecule has 9 heteroatoms. The highest BCUT2D eigenvalue weighted by molar-refractivity contribution is 6.30. The zero-order valence-electron chi connectivity index (χ0n) is 14.5. The fraction of sp³-hybridized carbons (Fsp3) is 0.353. The highest BCUT2D eigenvalue weighted by Crippen LogP contribution is 2.29. The Balaban J connectivity index is 1.71. The van der Waals surface area contributed by atoms with Crippen LogP contribution in [0.1, 0.15) is 6.92 Å². The number of ether oxygens (including phenoxy) is 1. The summed E-state index contributed by atoms with van der Waals surface area (Å²) in [4.78, 5) is 24.1. The molecule has 0 unspecified atom stereocenters. The Kier molecular flexibility index (Phi) is 5.62. The Hall–Kier alpha value is -2.74. The van der Waals surface area contributed by atoms with Crippen LogP contribution in [0.15, 0.2) is 30.6 Å². The second kappa shape index (κ2) is 8.09. The first-order valence-corrected chi connectivity index (χ1v) is 8.76. The van der Waals surface area contributed by atoms with E-state index in [-0.39, 0.29) is 6.09 Å². The van der Waals surface area contributed by atoms with Gasteiger partial charge in [0.05, 0.1) is 6.61 Å². The molecule has 1 aliphatic rings. The second-order valence-electron chi connectivity index (χ2n) is 5.77. The first kappa shape index (κ1) is 18.1. The number of carbonyl (C=O) groups excluding carboxylic acids is 1. The Morgan fingerprint density at radius 1 is 1.31 bits per heavy atom. The van der Waals surface area contributed by atoms with Crippen molar-refractivity contribution < 1.29 is 9.53 Å². The molecule has 2 heterocycles. The number of hydrogen-bond acceptors (Lipinski definition) is 7. The maximum Gasteiger partial charge on any atom is 0.409 e. The summed E-state index contributed by atoms with van der Waals surface area (Å²) in [5.41, 5.74) is 7.52. The molecule has 0 atom stereocenters. The van der Waals surface area contributed by atoms with Crippen molar-refractivity contribution in [3.05, 3.63) is 35.6 Å². The molecule has 1 aromatic carbocycles. The summed E-state index contributed by atoms with van der Waals surface area (Å²) in [5, 5.41) is 3.79. The van der Waals surface area contributed by atoms with Crippen molar-refractivity contribution in [1.29, 1.82) is 0 Å². The molecule has 138 valence electrons. The quantitative estimate of drug-likeness (QED) is 0.846. The van der Waals surface area contributed by atoms with Crippen LogP contribution in [0.4, 0.5) is 27.8 Å². The molecule has 0 spiro atoms. The summed E-state index contributed by atoms with van der Waals surface area (Å²) >= 11 is 6.01. The molecule has 0 saturated carbocycles. The first-order valence-electron chi connectivity index (χ1n) is 8.38. The molecule has 1 aliphatic heterocycles. The van der Waals surface area contributed by atoms with E-state index >= 15 is 0 Å². The summed E-state index contributed by atoms with van der Waals surface area (Å²) < 4.78 is 5.04. The van der Waals surface area contributed by atoms with Crippen molar-refractivity contribution in [2.45, 2.75) is 6.92 Å². The molecule has 0 radical (unpaired) electrons. The van der Waals surface area contributed by atoms with Crippen LogP contribution in [-0.2, 0) is 4.74 Å². The number of rotatable bonds is 4. The summed E-state index contributed by atoms with van der Waals surface area (Å²) in [5.74, 6) is 1.16. The third kappa shape index (κ3) is 4.08. The maximum absolute atomic E-state index is 11.8. The predicted octanol–water partition coefficient (Wildman–Crippen LogP) is 2.73. The first-order chi connectivity index (χ1) is 12.6. The van der Waals surface area contributed by atoms with E-state index in [1.54, 1.807) is 24.0 Å². The topological polar surface area (TPSA) is 96.6 Å². The van der Waals surface area contributed by atoms with Crippen LogP contribution in [0.25, 0.3) is 0 Å². The Morgan fingerprint density at radius 3 is 2.77 bits per heavy atom. The van der Waals surface area contributed by atoms with Gasteiger partial charge in [-0.2, -0.15) is 0 Å². The number of amides is 1. The van der Waals surface area contributed by atoms with Crippen molar-refractivity contribution in [2.24, 2.45) is 0 Å². The summed E-state index contributed by atoms with van der Waals surface area (Å²) in [7, 11) is 0. The van der Waals surface area contributed by atoms with Gasteiger partial charge >= 0.3 is 6.09 Å². The van der Waals surface area contributed by atoms with E-state index in [1.165, 1.54) is 6.33 Å². The van der Waals surface area contributed by atoms with Crippen LogP contribution in [0, 0.1) is 0 Å². The largest absolute Gasteiger partial charge is 0.450 e. The number of halogens is 1. The van der Waals surface area contributed by atoms with Crippen molar-refractivity contribution in [2.75, 3.05) is 48.7 Å². The van der Waals surface area contributed by atoms with Gasteiger partial charge in [-0.15, -0.1) is 0 Å². The molecule has 1 aromatic heterocycles. The molecule has 1 amide bonds. The third-order valence-electron chi connectivity index (χ3n) is 4.06. The Bertz CT molecular complexity index is 780. The van der Waals surface area contributed by atoms with Crippen LogP contribution in [0.5, 0.6) is 0 Å². The van der Waals surface area contributed by atoms with E-state index in [9.17, 15) is 4.79 Å². The number of carbonyl (C=O) groups is 1. The zero-order chi connectivity index (χ0) is 18.5. The van der Waals surface area contributed by atoms with Crippen molar-refractivity contribution in [3.63, 3.8) is 0 Å². The number of anilines is 4. The molecule has 2 aromatic rings. The fourth-order valence-corrected chi connectivity index (χ4v) is 2.95. The van der Waals surface area contributed by atoms with Crippen LogP contribution >= 0.6 is 11.6 Å². The summed E-state index contributed by atoms with van der Waals surface area (Å²) in [6.07, 6.45) is 1.18. The van der Waals surface area contributed by atoms with Gasteiger partial charge in [0.15, 0.2) is 11.6 Å². The van der Waals surface area contributed by atoms with E-state index in [0.29, 0.717) is 55.1 Å². The molecule has 8 nitrogen and oxygen atoms in total. The van der Waals surface area contributed by atoms with Crippen LogP contribution in [0.2, 0.25) is 5.02 Å². The number of hydrogen-bond donors (Lipinski definition) is 2. The van der Waals surface area contributed by atoms with Gasteiger partial charge in [-0.05, 0) is 25.1 Å². The lowest BCUT2D eigenvalue weighted by atomic mass is 10.3. The summed E-state index contributed by atoms with van der Waals surface area (Å²) in [6.45, 7) is 4.52. The van der Waals surface area contributed by atoms with E-state index in [0.717, 1.165) is 5.69 Å². The SMILES string of the molecule is CCOC(=O)N1CCN(c2ncnc(Nc3cccc(Cl)c3)c2N)CC1. The number of aromatic nitrogens is 2. The van der Waals surface area contributed by atoms with E-state index < -0.39 is 0 Å². The molecule has 1 saturated heterocycles. The van der Waals surface area contributed by atoms with Gasteiger partial charge < -0.3 is 25.6 Å². The van der Waals surface area contributed by atoms with Gasteiger partial charge in [0, 0.05) is 36.9 Å². The molecular weight excluding hydrogens is 356 g/mol. The number of nitrogens with two attached hydrogens (primary N) is 1. The van der Waals surface area contributed by atoms with E-state index in [1.807, 2.05) is 17.0 Å². The third-order valence-corrected chi connectivity index (χ3v) is 4.29. The normalized spacial score (nSPS) is 14.2. The number of benzene rings is 1. The van der Waals surface area contributed by atoms with Crippen molar-refractivity contribution in [1.82, 2.24) is 14.9 Å². The molecular formula is C17H21ClN6O2. The van der Waals surface area contributed by atoms with Crippen molar-refractivity contribution >= 4 is 40.7 Å². The number of nitrogens with zero attached hydrogens (tertiary/aromatic N) is 4. The Labute approximate surface area is 156 Å². The van der Waals surface area contributed by atoms with Gasteiger partial charge in [-0.3, -0.25) is 0 Å². The lowest BCUT2D eigenvalue weighted by Gasteiger charge is -2.35. The van der Waals surface area contributed by atoms with Gasteiger partial charge in [-0.1, -0.05) is 17.7 Å². The van der Waals surface area contributed by atoms with Gasteiger partial charge in [-0.25, -0.2) is 14.8 Å². The smallest absolute Gasteiger partial charge is 0.409 e. The number of nitrogens with one attached hydrogen (secondary N) is 1. The van der Waals surface area contributed by atoms with Gasteiger partial charge in [0.2, 0.25) is 0 Å². The van der Waals surface area contributed by atoms with Crippen LogP contribution < -0.4 is 16.0 Å². The molecule has 3 rings (SSSR count). The molecule has 0 bridgehead atoms. The predicted molar refractivity (Wildman–Crippen MR) is 102 cm³/mol. The van der Waals surface area contributed by atoms with E-state index in [4.69, 9.17) is 22.1 Å². The summed E-state index contributed by atoms with van der Waals surface area (Å²) in [6, 6.07) is 7.31. The molecule has 1 fully saturated rings. The van der Waals surface area contributed by atoms with Crippen LogP contribution in [0.3, 0.4) is 0 Å². The minimum absolute atomic E-state index is 0.286. The average Bonchev–Trinajstić information content (AvgIpc) is 2.64. The average molecular weight is 377 g/mol. The standard InChI is InChI=1S/C17H21ClN6O2/c1-2-26-17(25)24-8-6-23(7-9-24)16-14(19)15(20-11-21-16)22-13-5-3-4-12(18)10-13/h3-5,10-11H,2,6-9,19H2,1H3,(H,20,21,22). The Morgan fingerprint density at radius 2 is 2.08 bits per heavy atom. The molecule has 26 heavy (non-hydrogen) atoms. The number of nitrogen functional groups attached to an aromatic ring is 1. The van der Waals surface area contributed by atoms with Crippen LogP contribution in [-0.4, -0.2) is 53.7 Å². The monoisotopic (exact) mass is 376 g/mol. The number of piperazine rings is 1. The van der Waals surface area contributed by atoms with Gasteiger partial charge in [0.1, 0.15) is 12.0 Å². The van der Waals surface area contributed by atoms with Gasteiger partial charge in [0.25, 0.3) is 0 Å².